The maximum Gasteiger partial charge on any atom is 0.234 e. The van der Waals surface area contributed by atoms with Crippen molar-refractivity contribution in [2.45, 2.75) is 11.8 Å². The number of aryl methyl sites for hydroxylation is 1. The van der Waals surface area contributed by atoms with Gasteiger partial charge in [0.2, 0.25) is 5.91 Å². The third kappa shape index (κ3) is 4.30. The number of hydrogen-bond donors (Lipinski definition) is 1. The predicted octanol–water partition coefficient (Wildman–Crippen LogP) is 4.38. The van der Waals surface area contributed by atoms with E-state index in [-0.39, 0.29) is 5.91 Å². The van der Waals surface area contributed by atoms with Gasteiger partial charge in [-0.05, 0) is 42.8 Å². The standard InChI is InChI=1S/C15H14ClNOS/c1-11-9-12(7-8-14(11)16)17-15(18)10-19-13-5-3-2-4-6-13/h2-9H,10H2,1H3,(H,17,18). The van der Waals surface area contributed by atoms with Gasteiger partial charge >= 0.3 is 0 Å². The zero-order chi connectivity index (χ0) is 13.7. The van der Waals surface area contributed by atoms with Crippen molar-refractivity contribution in [3.63, 3.8) is 0 Å². The summed E-state index contributed by atoms with van der Waals surface area (Å²) in [6, 6.07) is 15.3. The molecule has 0 radical (unpaired) electrons. The average Bonchev–Trinajstić information content (AvgIpc) is 2.42. The van der Waals surface area contributed by atoms with Gasteiger partial charge in [0.1, 0.15) is 0 Å². The van der Waals surface area contributed by atoms with Crippen LogP contribution in [0.15, 0.2) is 53.4 Å². The van der Waals surface area contributed by atoms with Crippen LogP contribution >= 0.6 is 23.4 Å². The normalized spacial score (nSPS) is 10.2. The molecule has 19 heavy (non-hydrogen) atoms. The summed E-state index contributed by atoms with van der Waals surface area (Å²) in [6.45, 7) is 1.91. The van der Waals surface area contributed by atoms with Crippen molar-refractivity contribution in [1.82, 2.24) is 0 Å². The molecule has 0 aliphatic carbocycles. The van der Waals surface area contributed by atoms with E-state index in [0.29, 0.717) is 10.8 Å². The van der Waals surface area contributed by atoms with Crippen LogP contribution in [-0.4, -0.2) is 11.7 Å². The number of halogens is 1. The quantitative estimate of drug-likeness (QED) is 0.847. The Bertz CT molecular complexity index is 572. The topological polar surface area (TPSA) is 29.1 Å². The van der Waals surface area contributed by atoms with Crippen LogP contribution < -0.4 is 5.32 Å². The Balaban J connectivity index is 1.89. The van der Waals surface area contributed by atoms with E-state index < -0.39 is 0 Å². The van der Waals surface area contributed by atoms with Gasteiger partial charge in [0.25, 0.3) is 0 Å². The number of thioether (sulfide) groups is 1. The van der Waals surface area contributed by atoms with Gasteiger partial charge in [-0.25, -0.2) is 0 Å². The minimum Gasteiger partial charge on any atom is -0.325 e. The molecule has 0 saturated carbocycles. The number of benzene rings is 2. The van der Waals surface area contributed by atoms with E-state index in [1.807, 2.05) is 43.3 Å². The van der Waals surface area contributed by atoms with Crippen LogP contribution in [0.3, 0.4) is 0 Å². The summed E-state index contributed by atoms with van der Waals surface area (Å²) in [5.41, 5.74) is 1.73. The Morgan fingerprint density at radius 3 is 2.63 bits per heavy atom. The smallest absolute Gasteiger partial charge is 0.234 e. The molecule has 2 rings (SSSR count). The molecule has 2 aromatic carbocycles. The monoisotopic (exact) mass is 291 g/mol. The van der Waals surface area contributed by atoms with Gasteiger partial charge in [0, 0.05) is 15.6 Å². The molecule has 2 aromatic rings. The molecule has 98 valence electrons. The average molecular weight is 292 g/mol. The lowest BCUT2D eigenvalue weighted by atomic mass is 10.2. The summed E-state index contributed by atoms with van der Waals surface area (Å²) >= 11 is 7.46. The van der Waals surface area contributed by atoms with Crippen LogP contribution in [0.4, 0.5) is 5.69 Å². The third-order valence-corrected chi connectivity index (χ3v) is 3.99. The number of rotatable bonds is 4. The van der Waals surface area contributed by atoms with Crippen LogP contribution in [0.5, 0.6) is 0 Å². The highest BCUT2D eigenvalue weighted by atomic mass is 35.5. The highest BCUT2D eigenvalue weighted by molar-refractivity contribution is 8.00. The zero-order valence-corrected chi connectivity index (χ0v) is 12.1. The summed E-state index contributed by atoms with van der Waals surface area (Å²) in [7, 11) is 0. The first-order chi connectivity index (χ1) is 9.15. The summed E-state index contributed by atoms with van der Waals surface area (Å²) in [5, 5.41) is 3.57. The van der Waals surface area contributed by atoms with Crippen LogP contribution in [0, 0.1) is 6.92 Å². The number of nitrogens with one attached hydrogen (secondary N) is 1. The molecule has 1 N–H and O–H groups in total. The fourth-order valence-electron chi connectivity index (χ4n) is 1.59. The maximum absolute atomic E-state index is 11.8. The molecular formula is C15H14ClNOS. The first kappa shape index (κ1) is 14.0. The van der Waals surface area contributed by atoms with Gasteiger partial charge in [-0.3, -0.25) is 4.79 Å². The van der Waals surface area contributed by atoms with Crippen molar-refractivity contribution in [2.24, 2.45) is 0 Å². The molecule has 0 aliphatic rings. The van der Waals surface area contributed by atoms with Gasteiger partial charge in [0.15, 0.2) is 0 Å². The molecule has 0 spiro atoms. The summed E-state index contributed by atoms with van der Waals surface area (Å²) in [6.07, 6.45) is 0. The molecule has 0 saturated heterocycles. The largest absolute Gasteiger partial charge is 0.325 e. The van der Waals surface area contributed by atoms with Crippen molar-refractivity contribution < 1.29 is 4.79 Å². The predicted molar refractivity (Wildman–Crippen MR) is 82.0 cm³/mol. The molecule has 0 bridgehead atoms. The second kappa shape index (κ2) is 6.64. The van der Waals surface area contributed by atoms with Crippen molar-refractivity contribution in [1.29, 1.82) is 0 Å². The van der Waals surface area contributed by atoms with E-state index in [0.717, 1.165) is 16.1 Å². The first-order valence-electron chi connectivity index (χ1n) is 5.89. The molecule has 0 fully saturated rings. The van der Waals surface area contributed by atoms with Gasteiger partial charge in [-0.1, -0.05) is 29.8 Å². The Hall–Kier alpha value is -1.45. The van der Waals surface area contributed by atoms with Gasteiger partial charge in [-0.2, -0.15) is 0 Å². The van der Waals surface area contributed by atoms with Gasteiger partial charge in [-0.15, -0.1) is 11.8 Å². The number of carbonyl (C=O) groups is 1. The Morgan fingerprint density at radius 1 is 1.21 bits per heavy atom. The van der Waals surface area contributed by atoms with Gasteiger partial charge in [0.05, 0.1) is 5.75 Å². The molecule has 1 amide bonds. The fraction of sp³-hybridized carbons (Fsp3) is 0.133. The number of carbonyl (C=O) groups excluding carboxylic acids is 1. The Morgan fingerprint density at radius 2 is 1.95 bits per heavy atom. The molecular weight excluding hydrogens is 278 g/mol. The number of anilines is 1. The summed E-state index contributed by atoms with van der Waals surface area (Å²) in [4.78, 5) is 12.9. The summed E-state index contributed by atoms with van der Waals surface area (Å²) in [5.74, 6) is 0.377. The van der Waals surface area contributed by atoms with E-state index >= 15 is 0 Å². The highest BCUT2D eigenvalue weighted by Crippen LogP contribution is 2.20. The molecule has 0 aliphatic heterocycles. The second-order valence-electron chi connectivity index (χ2n) is 4.11. The summed E-state index contributed by atoms with van der Waals surface area (Å²) < 4.78 is 0. The lowest BCUT2D eigenvalue weighted by Crippen LogP contribution is -2.13. The lowest BCUT2D eigenvalue weighted by Gasteiger charge is -2.07. The van der Waals surface area contributed by atoms with Crippen molar-refractivity contribution in [2.75, 3.05) is 11.1 Å². The molecule has 0 atom stereocenters. The molecule has 2 nitrogen and oxygen atoms in total. The van der Waals surface area contributed by atoms with Gasteiger partial charge < -0.3 is 5.32 Å². The third-order valence-electron chi connectivity index (χ3n) is 2.55. The van der Waals surface area contributed by atoms with Crippen LogP contribution in [-0.2, 0) is 4.79 Å². The Labute approximate surface area is 122 Å². The van der Waals surface area contributed by atoms with Crippen LogP contribution in [0.25, 0.3) is 0 Å². The highest BCUT2D eigenvalue weighted by Gasteiger charge is 2.04. The molecule has 0 heterocycles. The minimum atomic E-state index is -0.0180. The van der Waals surface area contributed by atoms with E-state index in [1.165, 1.54) is 11.8 Å². The van der Waals surface area contributed by atoms with Crippen LogP contribution in [0.1, 0.15) is 5.56 Å². The van der Waals surface area contributed by atoms with Crippen molar-refractivity contribution >= 4 is 35.0 Å². The molecule has 0 aromatic heterocycles. The lowest BCUT2D eigenvalue weighted by molar-refractivity contribution is -0.113. The van der Waals surface area contributed by atoms with E-state index in [4.69, 9.17) is 11.6 Å². The van der Waals surface area contributed by atoms with Crippen molar-refractivity contribution in [3.05, 3.63) is 59.1 Å². The van der Waals surface area contributed by atoms with Crippen molar-refractivity contribution in [3.8, 4) is 0 Å². The number of amides is 1. The fourth-order valence-corrected chi connectivity index (χ4v) is 2.42. The molecule has 0 unspecified atom stereocenters. The molecule has 4 heteroatoms. The van der Waals surface area contributed by atoms with Crippen LogP contribution in [0.2, 0.25) is 5.02 Å². The minimum absolute atomic E-state index is 0.0180. The number of hydrogen-bond acceptors (Lipinski definition) is 2. The first-order valence-corrected chi connectivity index (χ1v) is 7.25. The van der Waals surface area contributed by atoms with E-state index in [1.54, 1.807) is 12.1 Å². The second-order valence-corrected chi connectivity index (χ2v) is 5.57. The SMILES string of the molecule is Cc1cc(NC(=O)CSc2ccccc2)ccc1Cl. The Kier molecular flexibility index (Phi) is 4.88. The zero-order valence-electron chi connectivity index (χ0n) is 10.5. The maximum atomic E-state index is 11.8. The van der Waals surface area contributed by atoms with E-state index in [2.05, 4.69) is 5.32 Å². The van der Waals surface area contributed by atoms with E-state index in [9.17, 15) is 4.79 Å².